The molecule has 0 aliphatic rings. The van der Waals surface area contributed by atoms with Crippen LogP contribution in [0.25, 0.3) is 22.0 Å². The summed E-state index contributed by atoms with van der Waals surface area (Å²) >= 11 is 0. The van der Waals surface area contributed by atoms with Gasteiger partial charge in [-0.05, 0) is 48.4 Å². The van der Waals surface area contributed by atoms with Gasteiger partial charge in [-0.25, -0.2) is 0 Å². The lowest BCUT2D eigenvalue weighted by molar-refractivity contribution is 0.648. The molecule has 0 aliphatic heterocycles. The lowest BCUT2D eigenvalue weighted by Crippen LogP contribution is -1.94. The van der Waals surface area contributed by atoms with Gasteiger partial charge >= 0.3 is 0 Å². The SMILES string of the molecule is Cc1cccc(-c2nccc3ccc(CC(C)C)cc23)c1. The molecule has 1 heterocycles. The number of aromatic nitrogens is 1. The Labute approximate surface area is 126 Å². The minimum absolute atomic E-state index is 0.668. The smallest absolute Gasteiger partial charge is 0.0780 e. The van der Waals surface area contributed by atoms with Crippen LogP contribution in [0.15, 0.2) is 54.7 Å². The Morgan fingerprint density at radius 3 is 2.62 bits per heavy atom. The Morgan fingerprint density at radius 2 is 1.86 bits per heavy atom. The minimum atomic E-state index is 0.668. The van der Waals surface area contributed by atoms with Crippen LogP contribution in [-0.2, 0) is 6.42 Å². The van der Waals surface area contributed by atoms with Crippen LogP contribution in [0.4, 0.5) is 0 Å². The molecule has 0 aliphatic carbocycles. The van der Waals surface area contributed by atoms with Crippen LogP contribution in [0, 0.1) is 12.8 Å². The van der Waals surface area contributed by atoms with Gasteiger partial charge in [0.05, 0.1) is 5.69 Å². The average Bonchev–Trinajstić information content (AvgIpc) is 2.46. The summed E-state index contributed by atoms with van der Waals surface area (Å²) in [5.74, 6) is 0.668. The van der Waals surface area contributed by atoms with Crippen LogP contribution in [0.3, 0.4) is 0 Å². The summed E-state index contributed by atoms with van der Waals surface area (Å²) < 4.78 is 0. The molecule has 106 valence electrons. The van der Waals surface area contributed by atoms with Crippen molar-refractivity contribution in [2.45, 2.75) is 27.2 Å². The fourth-order valence-electron chi connectivity index (χ4n) is 2.84. The topological polar surface area (TPSA) is 12.9 Å². The predicted molar refractivity (Wildman–Crippen MR) is 90.5 cm³/mol. The summed E-state index contributed by atoms with van der Waals surface area (Å²) in [7, 11) is 0. The van der Waals surface area contributed by atoms with Crippen LogP contribution >= 0.6 is 0 Å². The first kappa shape index (κ1) is 13.8. The molecule has 21 heavy (non-hydrogen) atoms. The van der Waals surface area contributed by atoms with Gasteiger partial charge in [0.15, 0.2) is 0 Å². The summed E-state index contributed by atoms with van der Waals surface area (Å²) in [5.41, 5.74) is 4.94. The van der Waals surface area contributed by atoms with Crippen molar-refractivity contribution in [1.29, 1.82) is 0 Å². The van der Waals surface area contributed by atoms with Gasteiger partial charge in [0.2, 0.25) is 0 Å². The summed E-state index contributed by atoms with van der Waals surface area (Å²) in [5, 5.41) is 2.51. The molecule has 3 rings (SSSR count). The molecule has 1 nitrogen and oxygen atoms in total. The summed E-state index contributed by atoms with van der Waals surface area (Å²) in [6, 6.07) is 17.4. The lowest BCUT2D eigenvalue weighted by atomic mass is 9.97. The Hall–Kier alpha value is -2.15. The average molecular weight is 275 g/mol. The van der Waals surface area contributed by atoms with Gasteiger partial charge < -0.3 is 0 Å². The van der Waals surface area contributed by atoms with Gasteiger partial charge in [-0.15, -0.1) is 0 Å². The maximum atomic E-state index is 4.64. The molecule has 2 aromatic carbocycles. The van der Waals surface area contributed by atoms with E-state index in [0.29, 0.717) is 5.92 Å². The van der Waals surface area contributed by atoms with Crippen molar-refractivity contribution in [3.05, 3.63) is 65.9 Å². The van der Waals surface area contributed by atoms with E-state index in [1.165, 1.54) is 27.5 Å². The molecule has 0 radical (unpaired) electrons. The number of nitrogens with zero attached hydrogens (tertiary/aromatic N) is 1. The zero-order valence-corrected chi connectivity index (χ0v) is 12.9. The maximum absolute atomic E-state index is 4.64. The number of benzene rings is 2. The Bertz CT molecular complexity index is 772. The second-order valence-corrected chi connectivity index (χ2v) is 6.18. The van der Waals surface area contributed by atoms with Crippen LogP contribution in [-0.4, -0.2) is 4.98 Å². The summed E-state index contributed by atoms with van der Waals surface area (Å²) in [4.78, 5) is 4.64. The molecule has 0 atom stereocenters. The van der Waals surface area contributed by atoms with E-state index in [1.807, 2.05) is 6.20 Å². The van der Waals surface area contributed by atoms with E-state index in [9.17, 15) is 0 Å². The maximum Gasteiger partial charge on any atom is 0.0780 e. The van der Waals surface area contributed by atoms with E-state index in [4.69, 9.17) is 0 Å². The van der Waals surface area contributed by atoms with Crippen molar-refractivity contribution < 1.29 is 0 Å². The highest BCUT2D eigenvalue weighted by molar-refractivity contribution is 5.94. The van der Waals surface area contributed by atoms with E-state index in [2.05, 4.69) is 74.3 Å². The number of aryl methyl sites for hydroxylation is 1. The molecule has 0 fully saturated rings. The van der Waals surface area contributed by atoms with E-state index >= 15 is 0 Å². The summed E-state index contributed by atoms with van der Waals surface area (Å²) in [6.07, 6.45) is 3.01. The van der Waals surface area contributed by atoms with Crippen molar-refractivity contribution >= 4 is 10.8 Å². The number of fused-ring (bicyclic) bond motifs is 1. The quantitative estimate of drug-likeness (QED) is 0.623. The fraction of sp³-hybridized carbons (Fsp3) is 0.250. The van der Waals surface area contributed by atoms with Crippen molar-refractivity contribution in [2.75, 3.05) is 0 Å². The normalized spacial score (nSPS) is 11.2. The second kappa shape index (κ2) is 5.69. The highest BCUT2D eigenvalue weighted by Gasteiger charge is 2.07. The number of hydrogen-bond acceptors (Lipinski definition) is 1. The van der Waals surface area contributed by atoms with Crippen molar-refractivity contribution in [2.24, 2.45) is 5.92 Å². The molecule has 0 N–H and O–H groups in total. The van der Waals surface area contributed by atoms with Gasteiger partial charge in [0.1, 0.15) is 0 Å². The molecule has 0 saturated carbocycles. The van der Waals surface area contributed by atoms with Crippen molar-refractivity contribution in [1.82, 2.24) is 4.98 Å². The molecule has 0 amide bonds. The van der Waals surface area contributed by atoms with E-state index in [-0.39, 0.29) is 0 Å². The highest BCUT2D eigenvalue weighted by Crippen LogP contribution is 2.28. The van der Waals surface area contributed by atoms with Crippen molar-refractivity contribution in [3.8, 4) is 11.3 Å². The molecular weight excluding hydrogens is 254 g/mol. The number of pyridine rings is 1. The van der Waals surface area contributed by atoms with Gasteiger partial charge in [0.25, 0.3) is 0 Å². The van der Waals surface area contributed by atoms with E-state index in [0.717, 1.165) is 12.1 Å². The summed E-state index contributed by atoms with van der Waals surface area (Å²) in [6.45, 7) is 6.64. The molecule has 1 heteroatoms. The second-order valence-electron chi connectivity index (χ2n) is 6.18. The third-order valence-electron chi connectivity index (χ3n) is 3.77. The fourth-order valence-corrected chi connectivity index (χ4v) is 2.84. The van der Waals surface area contributed by atoms with Gasteiger partial charge in [0, 0.05) is 17.1 Å². The molecular formula is C20H21N. The van der Waals surface area contributed by atoms with Crippen LogP contribution < -0.4 is 0 Å². The molecule has 0 bridgehead atoms. The Balaban J connectivity index is 2.17. The first-order valence-corrected chi connectivity index (χ1v) is 7.58. The standard InChI is InChI=1S/C20H21N/c1-14(2)11-16-7-8-17-9-10-21-20(19(17)13-16)18-6-4-5-15(3)12-18/h4-10,12-14H,11H2,1-3H3. The molecule has 3 aromatic rings. The van der Waals surface area contributed by atoms with Gasteiger partial charge in [-0.1, -0.05) is 49.7 Å². The van der Waals surface area contributed by atoms with Crippen LogP contribution in [0.1, 0.15) is 25.0 Å². The lowest BCUT2D eigenvalue weighted by Gasteiger charge is -2.10. The number of rotatable bonds is 3. The number of hydrogen-bond donors (Lipinski definition) is 0. The Kier molecular flexibility index (Phi) is 3.74. The van der Waals surface area contributed by atoms with Gasteiger partial charge in [-0.2, -0.15) is 0 Å². The third kappa shape index (κ3) is 2.97. The van der Waals surface area contributed by atoms with E-state index in [1.54, 1.807) is 0 Å². The monoisotopic (exact) mass is 275 g/mol. The predicted octanol–water partition coefficient (Wildman–Crippen LogP) is 5.41. The minimum Gasteiger partial charge on any atom is -0.256 e. The molecule has 0 unspecified atom stereocenters. The zero-order chi connectivity index (χ0) is 14.8. The first-order valence-electron chi connectivity index (χ1n) is 7.58. The molecule has 0 spiro atoms. The van der Waals surface area contributed by atoms with Crippen LogP contribution in [0.5, 0.6) is 0 Å². The van der Waals surface area contributed by atoms with Crippen molar-refractivity contribution in [3.63, 3.8) is 0 Å². The highest BCUT2D eigenvalue weighted by atomic mass is 14.7. The Morgan fingerprint density at radius 1 is 1.00 bits per heavy atom. The van der Waals surface area contributed by atoms with Gasteiger partial charge in [-0.3, -0.25) is 4.98 Å². The zero-order valence-electron chi connectivity index (χ0n) is 12.9. The first-order chi connectivity index (χ1) is 10.1. The largest absolute Gasteiger partial charge is 0.256 e. The molecule has 1 aromatic heterocycles. The van der Waals surface area contributed by atoms with E-state index < -0.39 is 0 Å². The third-order valence-corrected chi connectivity index (χ3v) is 3.77. The van der Waals surface area contributed by atoms with Crippen LogP contribution in [0.2, 0.25) is 0 Å². The molecule has 0 saturated heterocycles.